The third-order valence-electron chi connectivity index (χ3n) is 5.11. The fourth-order valence-electron chi connectivity index (χ4n) is 3.51. The van der Waals surface area contributed by atoms with E-state index >= 15 is 0 Å². The fraction of sp³-hybridized carbons (Fsp3) is 0.458. The Morgan fingerprint density at radius 3 is 2.65 bits per heavy atom. The number of benzene rings is 1. The molecule has 7 heteroatoms. The molecule has 1 fully saturated rings. The zero-order valence-corrected chi connectivity index (χ0v) is 18.2. The van der Waals surface area contributed by atoms with Crippen molar-refractivity contribution in [1.29, 1.82) is 5.26 Å². The molecule has 3 rings (SSSR count). The summed E-state index contributed by atoms with van der Waals surface area (Å²) in [6.45, 7) is 7.14. The Balaban J connectivity index is 1.52. The Kier molecular flexibility index (Phi) is 7.11. The van der Waals surface area contributed by atoms with Gasteiger partial charge in [0.1, 0.15) is 11.4 Å². The van der Waals surface area contributed by atoms with Gasteiger partial charge in [-0.15, -0.1) is 0 Å². The summed E-state index contributed by atoms with van der Waals surface area (Å²) < 4.78 is 25.2. The van der Waals surface area contributed by atoms with Gasteiger partial charge in [0.25, 0.3) is 0 Å². The van der Waals surface area contributed by atoms with Crippen LogP contribution in [0.3, 0.4) is 0 Å². The highest BCUT2D eigenvalue weighted by Gasteiger charge is 2.28. The number of rotatable bonds is 5. The van der Waals surface area contributed by atoms with E-state index in [1.807, 2.05) is 39.0 Å². The molecular formula is C24H28FN3O3. The number of hydrogen-bond acceptors (Lipinski definition) is 5. The molecule has 0 atom stereocenters. The molecule has 0 N–H and O–H groups in total. The molecule has 1 amide bonds. The first-order chi connectivity index (χ1) is 14.7. The molecule has 1 aromatic heterocycles. The first-order valence-electron chi connectivity index (χ1n) is 10.5. The molecule has 2 heterocycles. The van der Waals surface area contributed by atoms with Gasteiger partial charge in [-0.1, -0.05) is 12.1 Å². The number of likely N-dealkylation sites (tertiary alicyclic amines) is 1. The van der Waals surface area contributed by atoms with E-state index in [1.54, 1.807) is 23.1 Å². The molecule has 31 heavy (non-hydrogen) atoms. The summed E-state index contributed by atoms with van der Waals surface area (Å²) in [7, 11) is 0. The molecule has 0 bridgehead atoms. The topological polar surface area (TPSA) is 75.4 Å². The molecule has 1 aliphatic rings. The predicted molar refractivity (Wildman–Crippen MR) is 114 cm³/mol. The van der Waals surface area contributed by atoms with E-state index in [0.29, 0.717) is 36.5 Å². The predicted octanol–water partition coefficient (Wildman–Crippen LogP) is 4.83. The molecule has 1 saturated heterocycles. The molecule has 6 nitrogen and oxygen atoms in total. The smallest absolute Gasteiger partial charge is 0.410 e. The summed E-state index contributed by atoms with van der Waals surface area (Å²) >= 11 is 0. The number of nitrogens with zero attached hydrogens (tertiary/aromatic N) is 3. The van der Waals surface area contributed by atoms with E-state index < -0.39 is 11.4 Å². The minimum atomic E-state index is -0.498. The van der Waals surface area contributed by atoms with Crippen molar-refractivity contribution in [3.63, 3.8) is 0 Å². The van der Waals surface area contributed by atoms with E-state index in [1.165, 1.54) is 6.07 Å². The van der Waals surface area contributed by atoms with E-state index in [-0.39, 0.29) is 18.6 Å². The van der Waals surface area contributed by atoms with Crippen LogP contribution in [0.15, 0.2) is 36.4 Å². The van der Waals surface area contributed by atoms with Gasteiger partial charge in [-0.3, -0.25) is 0 Å². The van der Waals surface area contributed by atoms with Crippen LogP contribution in [0.5, 0.6) is 5.88 Å². The molecule has 0 unspecified atom stereocenters. The van der Waals surface area contributed by atoms with E-state index in [2.05, 4.69) is 4.98 Å². The second-order valence-corrected chi connectivity index (χ2v) is 8.66. The zero-order chi connectivity index (χ0) is 22.4. The van der Waals surface area contributed by atoms with Crippen molar-refractivity contribution in [2.45, 2.75) is 51.6 Å². The van der Waals surface area contributed by atoms with Gasteiger partial charge in [0.15, 0.2) is 0 Å². The first kappa shape index (κ1) is 22.5. The summed E-state index contributed by atoms with van der Waals surface area (Å²) in [5, 5.41) is 8.82. The molecule has 1 aromatic carbocycles. The van der Waals surface area contributed by atoms with Crippen LogP contribution in [0, 0.1) is 17.1 Å². The number of carbonyl (C=O) groups is 1. The summed E-state index contributed by atoms with van der Waals surface area (Å²) in [4.78, 5) is 18.6. The molecule has 164 valence electrons. The second kappa shape index (κ2) is 9.78. The molecule has 2 aromatic rings. The summed E-state index contributed by atoms with van der Waals surface area (Å²) in [6.07, 6.45) is 1.74. The quantitative estimate of drug-likeness (QED) is 0.686. The highest BCUT2D eigenvalue weighted by molar-refractivity contribution is 5.68. The van der Waals surface area contributed by atoms with E-state index in [9.17, 15) is 9.18 Å². The molecule has 0 saturated carbocycles. The van der Waals surface area contributed by atoms with Crippen LogP contribution in [0.4, 0.5) is 9.18 Å². The lowest BCUT2D eigenvalue weighted by molar-refractivity contribution is 0.0204. The van der Waals surface area contributed by atoms with Crippen molar-refractivity contribution in [2.24, 2.45) is 0 Å². The Hall–Kier alpha value is -3.14. The van der Waals surface area contributed by atoms with Crippen LogP contribution >= 0.6 is 0 Å². The number of nitriles is 1. The lowest BCUT2D eigenvalue weighted by Crippen LogP contribution is -2.41. The van der Waals surface area contributed by atoms with Crippen LogP contribution in [0.25, 0.3) is 0 Å². The van der Waals surface area contributed by atoms with Gasteiger partial charge in [0.05, 0.1) is 18.2 Å². The molecule has 0 aliphatic carbocycles. The lowest BCUT2D eigenvalue weighted by Gasteiger charge is -2.33. The van der Waals surface area contributed by atoms with Crippen molar-refractivity contribution >= 4 is 6.09 Å². The zero-order valence-electron chi connectivity index (χ0n) is 18.2. The van der Waals surface area contributed by atoms with E-state index in [0.717, 1.165) is 18.5 Å². The Labute approximate surface area is 182 Å². The van der Waals surface area contributed by atoms with Gasteiger partial charge in [0, 0.05) is 37.2 Å². The third-order valence-corrected chi connectivity index (χ3v) is 5.11. The Morgan fingerprint density at radius 2 is 2.00 bits per heavy atom. The average molecular weight is 426 g/mol. The molecule has 1 aliphatic heterocycles. The summed E-state index contributed by atoms with van der Waals surface area (Å²) in [5.74, 6) is 0.348. The van der Waals surface area contributed by atoms with Crippen LogP contribution in [0.1, 0.15) is 56.4 Å². The normalized spacial score (nSPS) is 14.7. The van der Waals surface area contributed by atoms with Gasteiger partial charge in [0.2, 0.25) is 5.88 Å². The minimum absolute atomic E-state index is 0.248. The summed E-state index contributed by atoms with van der Waals surface area (Å²) in [6, 6.07) is 12.0. The SMILES string of the molecule is CC(C)(C)OC(=O)N1CCC(c2cccc(OCCc3ccc(C#N)cc3F)n2)CC1. The van der Waals surface area contributed by atoms with Crippen molar-refractivity contribution in [3.8, 4) is 11.9 Å². The van der Waals surface area contributed by atoms with Gasteiger partial charge in [-0.05, 0) is 57.4 Å². The average Bonchev–Trinajstić information content (AvgIpc) is 2.74. The number of amides is 1. The number of ether oxygens (including phenoxy) is 2. The summed E-state index contributed by atoms with van der Waals surface area (Å²) in [5.41, 5.74) is 1.24. The number of carbonyl (C=O) groups excluding carboxylic acids is 1. The second-order valence-electron chi connectivity index (χ2n) is 8.66. The van der Waals surface area contributed by atoms with E-state index in [4.69, 9.17) is 14.7 Å². The van der Waals surface area contributed by atoms with Crippen LogP contribution in [-0.4, -0.2) is 41.3 Å². The molecular weight excluding hydrogens is 397 g/mol. The maximum Gasteiger partial charge on any atom is 0.410 e. The van der Waals surface area contributed by atoms with Gasteiger partial charge in [-0.25, -0.2) is 14.2 Å². The Bertz CT molecular complexity index is 957. The number of halogens is 1. The standard InChI is InChI=1S/C24H28FN3O3/c1-24(2,3)31-23(29)28-12-9-19(10-13-28)21-5-4-6-22(27-21)30-14-11-18-8-7-17(16-26)15-20(18)25/h4-8,15,19H,9-14H2,1-3H3. The maximum absolute atomic E-state index is 14.0. The highest BCUT2D eigenvalue weighted by atomic mass is 19.1. The van der Waals surface area contributed by atoms with Crippen LogP contribution < -0.4 is 4.74 Å². The lowest BCUT2D eigenvalue weighted by atomic mass is 9.93. The number of hydrogen-bond donors (Lipinski definition) is 0. The number of pyridine rings is 1. The first-order valence-corrected chi connectivity index (χ1v) is 10.5. The third kappa shape index (κ3) is 6.42. The number of aromatic nitrogens is 1. The minimum Gasteiger partial charge on any atom is -0.477 e. The van der Waals surface area contributed by atoms with Gasteiger partial charge in [-0.2, -0.15) is 5.26 Å². The van der Waals surface area contributed by atoms with Crippen LogP contribution in [0.2, 0.25) is 0 Å². The number of piperidine rings is 1. The largest absolute Gasteiger partial charge is 0.477 e. The van der Waals surface area contributed by atoms with Gasteiger partial charge < -0.3 is 14.4 Å². The fourth-order valence-corrected chi connectivity index (χ4v) is 3.51. The van der Waals surface area contributed by atoms with Crippen molar-refractivity contribution in [2.75, 3.05) is 19.7 Å². The van der Waals surface area contributed by atoms with Crippen molar-refractivity contribution < 1.29 is 18.7 Å². The Morgan fingerprint density at radius 1 is 1.26 bits per heavy atom. The van der Waals surface area contributed by atoms with Gasteiger partial charge >= 0.3 is 6.09 Å². The monoisotopic (exact) mass is 425 g/mol. The molecule has 0 spiro atoms. The van der Waals surface area contributed by atoms with Crippen LogP contribution in [-0.2, 0) is 11.2 Å². The van der Waals surface area contributed by atoms with Crippen molar-refractivity contribution in [3.05, 3.63) is 59.0 Å². The molecule has 0 radical (unpaired) electrons. The maximum atomic E-state index is 14.0. The highest BCUT2D eigenvalue weighted by Crippen LogP contribution is 2.28. The van der Waals surface area contributed by atoms with Crippen molar-refractivity contribution in [1.82, 2.24) is 9.88 Å².